The summed E-state index contributed by atoms with van der Waals surface area (Å²) in [6.07, 6.45) is 0. The van der Waals surface area contributed by atoms with E-state index in [0.29, 0.717) is 5.69 Å². The SMILES string of the molecule is CC(Nc1ccc(N(C)C(C)C)c(F)c1)c1cc(Br)cs1. The first-order chi connectivity index (χ1) is 9.88. The van der Waals surface area contributed by atoms with Crippen LogP contribution in [0, 0.1) is 5.82 Å². The quantitative estimate of drug-likeness (QED) is 0.729. The van der Waals surface area contributed by atoms with Gasteiger partial charge in [-0.1, -0.05) is 0 Å². The molecule has 0 aliphatic carbocycles. The number of nitrogens with one attached hydrogen (secondary N) is 1. The van der Waals surface area contributed by atoms with Crippen molar-refractivity contribution in [3.63, 3.8) is 0 Å². The largest absolute Gasteiger partial charge is 0.378 e. The molecule has 0 bridgehead atoms. The van der Waals surface area contributed by atoms with Gasteiger partial charge in [-0.3, -0.25) is 0 Å². The van der Waals surface area contributed by atoms with Crippen molar-refractivity contribution in [1.82, 2.24) is 0 Å². The third-order valence-corrected chi connectivity index (χ3v) is 5.38. The molecular weight excluding hydrogens is 351 g/mol. The number of thiophene rings is 1. The molecule has 1 unspecified atom stereocenters. The molecule has 0 aliphatic rings. The summed E-state index contributed by atoms with van der Waals surface area (Å²) in [5, 5.41) is 5.39. The van der Waals surface area contributed by atoms with E-state index in [-0.39, 0.29) is 17.9 Å². The van der Waals surface area contributed by atoms with Crippen molar-refractivity contribution in [3.8, 4) is 0 Å². The van der Waals surface area contributed by atoms with Gasteiger partial charge in [0.25, 0.3) is 0 Å². The van der Waals surface area contributed by atoms with E-state index in [1.807, 2.05) is 37.9 Å². The Labute approximate surface area is 138 Å². The summed E-state index contributed by atoms with van der Waals surface area (Å²) in [6.45, 7) is 6.16. The summed E-state index contributed by atoms with van der Waals surface area (Å²) in [7, 11) is 1.90. The minimum Gasteiger partial charge on any atom is -0.378 e. The molecule has 0 saturated carbocycles. The normalized spacial score (nSPS) is 12.5. The van der Waals surface area contributed by atoms with E-state index in [9.17, 15) is 4.39 Å². The van der Waals surface area contributed by atoms with E-state index >= 15 is 0 Å². The van der Waals surface area contributed by atoms with Gasteiger partial charge in [-0.2, -0.15) is 0 Å². The van der Waals surface area contributed by atoms with Crippen molar-refractivity contribution in [2.45, 2.75) is 32.9 Å². The Morgan fingerprint density at radius 2 is 1.95 bits per heavy atom. The van der Waals surface area contributed by atoms with Crippen LogP contribution in [0.2, 0.25) is 0 Å². The molecule has 0 fully saturated rings. The molecule has 2 aromatic rings. The number of halogens is 2. The van der Waals surface area contributed by atoms with Crippen LogP contribution in [0.25, 0.3) is 0 Å². The third kappa shape index (κ3) is 3.98. The average Bonchev–Trinajstić information content (AvgIpc) is 2.85. The van der Waals surface area contributed by atoms with Crippen molar-refractivity contribution in [3.05, 3.63) is 44.8 Å². The topological polar surface area (TPSA) is 15.3 Å². The molecule has 0 amide bonds. The first kappa shape index (κ1) is 16.3. The highest BCUT2D eigenvalue weighted by Crippen LogP contribution is 2.29. The number of rotatable bonds is 5. The van der Waals surface area contributed by atoms with Crippen LogP contribution in [0.4, 0.5) is 15.8 Å². The molecule has 0 spiro atoms. The zero-order chi connectivity index (χ0) is 15.6. The van der Waals surface area contributed by atoms with Gasteiger partial charge in [0, 0.05) is 33.5 Å². The predicted octanol–water partition coefficient (Wildman–Crippen LogP) is 5.67. The number of benzene rings is 1. The lowest BCUT2D eigenvalue weighted by Crippen LogP contribution is -2.26. The van der Waals surface area contributed by atoms with E-state index in [0.717, 1.165) is 10.2 Å². The molecule has 21 heavy (non-hydrogen) atoms. The van der Waals surface area contributed by atoms with Crippen molar-refractivity contribution < 1.29 is 4.39 Å². The fraction of sp³-hybridized carbons (Fsp3) is 0.375. The summed E-state index contributed by atoms with van der Waals surface area (Å²) in [6, 6.07) is 7.81. The molecule has 1 aromatic carbocycles. The van der Waals surface area contributed by atoms with Gasteiger partial charge in [-0.25, -0.2) is 4.39 Å². The van der Waals surface area contributed by atoms with Crippen LogP contribution in [-0.4, -0.2) is 13.1 Å². The summed E-state index contributed by atoms with van der Waals surface area (Å²) >= 11 is 5.14. The molecular formula is C16H20BrFN2S. The van der Waals surface area contributed by atoms with Crippen molar-refractivity contribution in [1.29, 1.82) is 0 Å². The lowest BCUT2D eigenvalue weighted by Gasteiger charge is -2.25. The maximum Gasteiger partial charge on any atom is 0.148 e. The Balaban J connectivity index is 2.13. The smallest absolute Gasteiger partial charge is 0.148 e. The maximum atomic E-state index is 14.2. The van der Waals surface area contributed by atoms with E-state index in [1.165, 1.54) is 4.88 Å². The van der Waals surface area contributed by atoms with E-state index in [1.54, 1.807) is 17.4 Å². The Hall–Kier alpha value is -1.07. The maximum absolute atomic E-state index is 14.2. The monoisotopic (exact) mass is 370 g/mol. The summed E-state index contributed by atoms with van der Waals surface area (Å²) in [4.78, 5) is 3.14. The number of hydrogen-bond acceptors (Lipinski definition) is 3. The molecule has 2 rings (SSSR count). The minimum absolute atomic E-state index is 0.148. The van der Waals surface area contributed by atoms with Gasteiger partial charge in [0.2, 0.25) is 0 Å². The first-order valence-electron chi connectivity index (χ1n) is 6.91. The third-order valence-electron chi connectivity index (χ3n) is 3.50. The second-order valence-corrected chi connectivity index (χ2v) is 7.26. The number of anilines is 2. The summed E-state index contributed by atoms with van der Waals surface area (Å²) in [5.74, 6) is -0.198. The average molecular weight is 371 g/mol. The van der Waals surface area contributed by atoms with Gasteiger partial charge in [0.15, 0.2) is 0 Å². The Morgan fingerprint density at radius 3 is 2.48 bits per heavy atom. The fourth-order valence-electron chi connectivity index (χ4n) is 2.04. The van der Waals surface area contributed by atoms with Gasteiger partial charge in [-0.05, 0) is 61.0 Å². The summed E-state index contributed by atoms with van der Waals surface area (Å²) < 4.78 is 15.3. The molecule has 0 aliphatic heterocycles. The molecule has 1 heterocycles. The van der Waals surface area contributed by atoms with Gasteiger partial charge in [-0.15, -0.1) is 11.3 Å². The minimum atomic E-state index is -0.198. The van der Waals surface area contributed by atoms with Crippen molar-refractivity contribution in [2.24, 2.45) is 0 Å². The highest BCUT2D eigenvalue weighted by Gasteiger charge is 2.13. The van der Waals surface area contributed by atoms with Crippen LogP contribution in [0.15, 0.2) is 34.1 Å². The lowest BCUT2D eigenvalue weighted by atomic mass is 10.2. The second-order valence-electron chi connectivity index (χ2n) is 5.40. The van der Waals surface area contributed by atoms with Crippen molar-refractivity contribution in [2.75, 3.05) is 17.3 Å². The fourth-order valence-corrected chi connectivity index (χ4v) is 3.49. The zero-order valence-electron chi connectivity index (χ0n) is 12.7. The standard InChI is InChI=1S/C16H20BrFN2S/c1-10(2)20(4)15-6-5-13(8-14(15)18)19-11(3)16-7-12(17)9-21-16/h5-11,19H,1-4H3. The van der Waals surface area contributed by atoms with Crippen LogP contribution < -0.4 is 10.2 Å². The lowest BCUT2D eigenvalue weighted by molar-refractivity contribution is 0.614. The number of hydrogen-bond donors (Lipinski definition) is 1. The predicted molar refractivity (Wildman–Crippen MR) is 94.0 cm³/mol. The van der Waals surface area contributed by atoms with E-state index < -0.39 is 0 Å². The van der Waals surface area contributed by atoms with E-state index in [4.69, 9.17) is 0 Å². The molecule has 1 N–H and O–H groups in total. The van der Waals surface area contributed by atoms with Crippen LogP contribution in [0.5, 0.6) is 0 Å². The Morgan fingerprint density at radius 1 is 1.24 bits per heavy atom. The van der Waals surface area contributed by atoms with Crippen LogP contribution >= 0.6 is 27.3 Å². The molecule has 1 aromatic heterocycles. The van der Waals surface area contributed by atoms with Crippen LogP contribution in [0.1, 0.15) is 31.7 Å². The zero-order valence-corrected chi connectivity index (χ0v) is 15.1. The van der Waals surface area contributed by atoms with E-state index in [2.05, 4.69) is 39.6 Å². The molecule has 1 atom stereocenters. The first-order valence-corrected chi connectivity index (χ1v) is 8.58. The second kappa shape index (κ2) is 6.79. The molecule has 2 nitrogen and oxygen atoms in total. The molecule has 0 radical (unpaired) electrons. The van der Waals surface area contributed by atoms with Crippen molar-refractivity contribution >= 4 is 38.6 Å². The summed E-state index contributed by atoms with van der Waals surface area (Å²) in [5.41, 5.74) is 1.42. The number of nitrogens with zero attached hydrogens (tertiary/aromatic N) is 1. The van der Waals surface area contributed by atoms with Gasteiger partial charge >= 0.3 is 0 Å². The van der Waals surface area contributed by atoms with Crippen LogP contribution in [-0.2, 0) is 0 Å². The Bertz CT molecular complexity index is 612. The highest BCUT2D eigenvalue weighted by molar-refractivity contribution is 9.10. The highest BCUT2D eigenvalue weighted by atomic mass is 79.9. The molecule has 5 heteroatoms. The molecule has 114 valence electrons. The van der Waals surface area contributed by atoms with Gasteiger partial charge in [0.05, 0.1) is 11.7 Å². The molecule has 0 saturated heterocycles. The van der Waals surface area contributed by atoms with Gasteiger partial charge < -0.3 is 10.2 Å². The van der Waals surface area contributed by atoms with Crippen LogP contribution in [0.3, 0.4) is 0 Å². The Kier molecular flexibility index (Phi) is 5.27. The van der Waals surface area contributed by atoms with Gasteiger partial charge in [0.1, 0.15) is 5.82 Å².